The molecule has 1 aromatic rings. The molecule has 0 fully saturated rings. The fourth-order valence-electron chi connectivity index (χ4n) is 1.79. The Bertz CT molecular complexity index is 618. The quantitative estimate of drug-likeness (QED) is 0.407. The average Bonchev–Trinajstić information content (AvgIpc) is 2.44. The van der Waals surface area contributed by atoms with Crippen molar-refractivity contribution >= 4 is 15.8 Å². The van der Waals surface area contributed by atoms with Gasteiger partial charge in [0.15, 0.2) is 0 Å². The third-order valence-corrected chi connectivity index (χ3v) is 4.29. The van der Waals surface area contributed by atoms with Crippen LogP contribution in [-0.2, 0) is 19.0 Å². The van der Waals surface area contributed by atoms with Crippen LogP contribution in [0.15, 0.2) is 29.2 Å². The van der Waals surface area contributed by atoms with Gasteiger partial charge in [-0.3, -0.25) is 14.3 Å². The highest BCUT2D eigenvalue weighted by molar-refractivity contribution is 7.86. The minimum absolute atomic E-state index is 0.111. The normalized spacial score (nSPS) is 13.7. The van der Waals surface area contributed by atoms with Gasteiger partial charge in [0.05, 0.1) is 22.0 Å². The molecular weight excluding hydrogens is 322 g/mol. The lowest BCUT2D eigenvalue weighted by molar-refractivity contribution is -0.384. The molecule has 0 aliphatic heterocycles. The first kappa shape index (κ1) is 19.5. The van der Waals surface area contributed by atoms with E-state index < -0.39 is 26.7 Å². The smallest absolute Gasteiger partial charge is 0.297 e. The van der Waals surface area contributed by atoms with E-state index in [-0.39, 0.29) is 17.2 Å². The van der Waals surface area contributed by atoms with Crippen molar-refractivity contribution in [1.82, 2.24) is 0 Å². The lowest BCUT2D eigenvalue weighted by atomic mass is 10.2. The van der Waals surface area contributed by atoms with Crippen molar-refractivity contribution in [2.45, 2.75) is 57.1 Å². The van der Waals surface area contributed by atoms with Crippen molar-refractivity contribution in [3.63, 3.8) is 0 Å². The fraction of sp³-hybridized carbons (Fsp3) is 0.600. The minimum atomic E-state index is -3.99. The summed E-state index contributed by atoms with van der Waals surface area (Å²) in [4.78, 5) is 9.91. The molecule has 0 amide bonds. The van der Waals surface area contributed by atoms with Gasteiger partial charge in [0.2, 0.25) is 0 Å². The van der Waals surface area contributed by atoms with Gasteiger partial charge in [-0.2, -0.15) is 8.42 Å². The zero-order chi connectivity index (χ0) is 17.7. The van der Waals surface area contributed by atoms with E-state index in [1.54, 1.807) is 0 Å². The highest BCUT2D eigenvalue weighted by atomic mass is 32.2. The van der Waals surface area contributed by atoms with E-state index in [4.69, 9.17) is 8.92 Å². The van der Waals surface area contributed by atoms with Gasteiger partial charge in [-0.05, 0) is 39.3 Å². The van der Waals surface area contributed by atoms with Crippen molar-refractivity contribution in [2.75, 3.05) is 6.61 Å². The predicted molar refractivity (Wildman–Crippen MR) is 85.8 cm³/mol. The average molecular weight is 345 g/mol. The number of nitro benzene ring substituents is 1. The SMILES string of the molecule is CCC[C@H](COC(C)(C)C)OS(=O)(=O)c1ccc([N+](=O)[O-])cc1. The molecule has 1 aromatic carbocycles. The largest absolute Gasteiger partial charge is 0.373 e. The molecular formula is C15H23NO6S. The van der Waals surface area contributed by atoms with Crippen LogP contribution in [0.2, 0.25) is 0 Å². The number of rotatable bonds is 8. The molecule has 1 rings (SSSR count). The molecule has 7 nitrogen and oxygen atoms in total. The third kappa shape index (κ3) is 6.64. The minimum Gasteiger partial charge on any atom is -0.373 e. The van der Waals surface area contributed by atoms with Crippen LogP contribution in [0.1, 0.15) is 40.5 Å². The summed E-state index contributed by atoms with van der Waals surface area (Å²) >= 11 is 0. The van der Waals surface area contributed by atoms with Crippen molar-refractivity contribution in [1.29, 1.82) is 0 Å². The Kier molecular flexibility index (Phi) is 6.67. The highest BCUT2D eigenvalue weighted by Gasteiger charge is 2.24. The molecule has 0 radical (unpaired) electrons. The molecule has 130 valence electrons. The summed E-state index contributed by atoms with van der Waals surface area (Å²) in [7, 11) is -3.99. The summed E-state index contributed by atoms with van der Waals surface area (Å²) < 4.78 is 35.4. The Morgan fingerprint density at radius 3 is 2.22 bits per heavy atom. The summed E-state index contributed by atoms with van der Waals surface area (Å²) in [5.41, 5.74) is -0.572. The maximum absolute atomic E-state index is 12.3. The van der Waals surface area contributed by atoms with Gasteiger partial charge in [-0.25, -0.2) is 0 Å². The number of ether oxygens (including phenoxy) is 1. The van der Waals surface area contributed by atoms with E-state index in [0.29, 0.717) is 6.42 Å². The Balaban J connectivity index is 2.86. The number of nitrogens with zero attached hydrogens (tertiary/aromatic N) is 1. The maximum Gasteiger partial charge on any atom is 0.297 e. The van der Waals surface area contributed by atoms with Crippen LogP contribution in [0.5, 0.6) is 0 Å². The maximum atomic E-state index is 12.3. The van der Waals surface area contributed by atoms with Gasteiger partial charge in [0.1, 0.15) is 6.10 Å². The molecule has 23 heavy (non-hydrogen) atoms. The van der Waals surface area contributed by atoms with Crippen LogP contribution in [0.25, 0.3) is 0 Å². The molecule has 0 N–H and O–H groups in total. The molecule has 8 heteroatoms. The lowest BCUT2D eigenvalue weighted by Gasteiger charge is -2.24. The van der Waals surface area contributed by atoms with Gasteiger partial charge in [-0.15, -0.1) is 0 Å². The number of nitro groups is 1. The molecule has 0 saturated heterocycles. The molecule has 0 saturated carbocycles. The number of hydrogen-bond donors (Lipinski definition) is 0. The van der Waals surface area contributed by atoms with E-state index in [1.165, 1.54) is 12.1 Å². The molecule has 0 spiro atoms. The van der Waals surface area contributed by atoms with Crippen molar-refractivity contribution < 1.29 is 22.3 Å². The second-order valence-electron chi connectivity index (χ2n) is 6.14. The zero-order valence-corrected chi connectivity index (χ0v) is 14.6. The van der Waals surface area contributed by atoms with E-state index in [2.05, 4.69) is 0 Å². The highest BCUT2D eigenvalue weighted by Crippen LogP contribution is 2.21. The molecule has 0 aromatic heterocycles. The Labute approximate surface area is 136 Å². The standard InChI is InChI=1S/C15H23NO6S/c1-5-6-13(11-21-15(2,3)4)22-23(19,20)14-9-7-12(8-10-14)16(17)18/h7-10,13H,5-6,11H2,1-4H3/t13-/m1/s1. The molecule has 0 bridgehead atoms. The van der Waals surface area contributed by atoms with Gasteiger partial charge in [-0.1, -0.05) is 13.3 Å². The van der Waals surface area contributed by atoms with Crippen LogP contribution >= 0.6 is 0 Å². The fourth-order valence-corrected chi connectivity index (χ4v) is 2.88. The van der Waals surface area contributed by atoms with E-state index in [1.807, 2.05) is 27.7 Å². The van der Waals surface area contributed by atoms with Crippen LogP contribution < -0.4 is 0 Å². The summed E-state index contributed by atoms with van der Waals surface area (Å²) in [6.07, 6.45) is 0.676. The second kappa shape index (κ2) is 7.85. The summed E-state index contributed by atoms with van der Waals surface area (Å²) in [6, 6.07) is 4.61. The molecule has 0 aliphatic carbocycles. The first-order chi connectivity index (χ1) is 10.5. The molecule has 1 atom stereocenters. The van der Waals surface area contributed by atoms with Crippen LogP contribution in [0.3, 0.4) is 0 Å². The second-order valence-corrected chi connectivity index (χ2v) is 7.71. The van der Waals surface area contributed by atoms with Crippen LogP contribution in [0, 0.1) is 10.1 Å². The first-order valence-electron chi connectivity index (χ1n) is 7.37. The summed E-state index contributed by atoms with van der Waals surface area (Å²) in [5, 5.41) is 10.6. The number of non-ortho nitro benzene ring substituents is 1. The van der Waals surface area contributed by atoms with Crippen molar-refractivity contribution in [2.24, 2.45) is 0 Å². The Morgan fingerprint density at radius 1 is 1.22 bits per heavy atom. The predicted octanol–water partition coefficient (Wildman–Crippen LogP) is 3.28. The monoisotopic (exact) mass is 345 g/mol. The van der Waals surface area contributed by atoms with E-state index in [0.717, 1.165) is 18.6 Å². The summed E-state index contributed by atoms with van der Waals surface area (Å²) in [5.74, 6) is 0. The van der Waals surface area contributed by atoms with E-state index in [9.17, 15) is 18.5 Å². The topological polar surface area (TPSA) is 95.7 Å². The summed E-state index contributed by atoms with van der Waals surface area (Å²) in [6.45, 7) is 7.71. The zero-order valence-electron chi connectivity index (χ0n) is 13.8. The van der Waals surface area contributed by atoms with Gasteiger partial charge < -0.3 is 4.74 Å². The molecule has 0 aliphatic rings. The number of hydrogen-bond acceptors (Lipinski definition) is 6. The van der Waals surface area contributed by atoms with Gasteiger partial charge >= 0.3 is 0 Å². The Hall–Kier alpha value is -1.51. The van der Waals surface area contributed by atoms with Gasteiger partial charge in [0.25, 0.3) is 15.8 Å². The first-order valence-corrected chi connectivity index (χ1v) is 8.77. The van der Waals surface area contributed by atoms with Crippen LogP contribution in [0.4, 0.5) is 5.69 Å². The van der Waals surface area contributed by atoms with E-state index >= 15 is 0 Å². The third-order valence-electron chi connectivity index (χ3n) is 2.91. The van der Waals surface area contributed by atoms with Gasteiger partial charge in [0, 0.05) is 12.1 Å². The Morgan fingerprint density at radius 2 is 1.78 bits per heavy atom. The van der Waals surface area contributed by atoms with Crippen LogP contribution in [-0.4, -0.2) is 31.7 Å². The van der Waals surface area contributed by atoms with Crippen molar-refractivity contribution in [3.8, 4) is 0 Å². The lowest BCUT2D eigenvalue weighted by Crippen LogP contribution is -2.29. The molecule has 0 unspecified atom stereocenters. The molecule has 0 heterocycles. The van der Waals surface area contributed by atoms with Crippen molar-refractivity contribution in [3.05, 3.63) is 34.4 Å². The number of benzene rings is 1.